The van der Waals surface area contributed by atoms with E-state index in [0.29, 0.717) is 27.9 Å². The minimum Gasteiger partial charge on any atom is -0.306 e. The van der Waals surface area contributed by atoms with Crippen molar-refractivity contribution in [2.24, 2.45) is 0 Å². The Labute approximate surface area is 172 Å². The van der Waals surface area contributed by atoms with E-state index in [4.69, 9.17) is 11.6 Å². The number of piperidine rings is 1. The minimum absolute atomic E-state index is 0.196. The van der Waals surface area contributed by atoms with Crippen molar-refractivity contribution in [2.75, 3.05) is 20.1 Å². The van der Waals surface area contributed by atoms with Crippen LogP contribution in [0.5, 0.6) is 0 Å². The zero-order chi connectivity index (χ0) is 20.1. The lowest BCUT2D eigenvalue weighted by molar-refractivity contribution is 0.252. The van der Waals surface area contributed by atoms with E-state index < -0.39 is 0 Å². The van der Waals surface area contributed by atoms with Gasteiger partial charge in [-0.05, 0) is 58.1 Å². The molecule has 1 saturated heterocycles. The summed E-state index contributed by atoms with van der Waals surface area (Å²) in [5.74, 6) is 0.382. The summed E-state index contributed by atoms with van der Waals surface area (Å²) < 4.78 is 3.26. The molecule has 0 unspecified atom stereocenters. The second kappa shape index (κ2) is 6.93. The van der Waals surface area contributed by atoms with Crippen LogP contribution in [0.15, 0.2) is 41.5 Å². The van der Waals surface area contributed by atoms with Crippen LogP contribution in [0, 0.1) is 6.92 Å². The summed E-state index contributed by atoms with van der Waals surface area (Å²) in [5, 5.41) is 5.13. The fraction of sp³-hybridized carbons (Fsp3) is 0.333. The average Bonchev–Trinajstić information content (AvgIpc) is 3.09. The third-order valence-electron chi connectivity index (χ3n) is 5.60. The Kier molecular flexibility index (Phi) is 4.37. The van der Waals surface area contributed by atoms with Gasteiger partial charge in [0.2, 0.25) is 0 Å². The first-order valence-electron chi connectivity index (χ1n) is 9.73. The van der Waals surface area contributed by atoms with Gasteiger partial charge in [-0.25, -0.2) is 9.97 Å². The Morgan fingerprint density at radius 1 is 1.10 bits per heavy atom. The Bertz CT molecular complexity index is 1290. The molecule has 29 heavy (non-hydrogen) atoms. The van der Waals surface area contributed by atoms with Gasteiger partial charge in [0.25, 0.3) is 5.56 Å². The van der Waals surface area contributed by atoms with E-state index in [0.717, 1.165) is 42.9 Å². The lowest BCUT2D eigenvalue weighted by atomic mass is 9.94. The van der Waals surface area contributed by atoms with Gasteiger partial charge in [-0.1, -0.05) is 11.6 Å². The Morgan fingerprint density at radius 3 is 2.69 bits per heavy atom. The molecule has 0 bridgehead atoms. The largest absolute Gasteiger partial charge is 0.306 e. The molecule has 0 saturated carbocycles. The number of nitrogens with zero attached hydrogens (tertiary/aromatic N) is 6. The van der Waals surface area contributed by atoms with Crippen LogP contribution in [-0.2, 0) is 0 Å². The summed E-state index contributed by atoms with van der Waals surface area (Å²) in [6.45, 7) is 4.01. The molecule has 5 rings (SSSR count). The number of fused-ring (bicyclic) bond motifs is 2. The lowest BCUT2D eigenvalue weighted by Crippen LogP contribution is -2.30. The van der Waals surface area contributed by atoms with Crippen molar-refractivity contribution in [3.05, 3.63) is 63.4 Å². The van der Waals surface area contributed by atoms with Crippen LogP contribution in [0.4, 0.5) is 0 Å². The number of hydrogen-bond acceptors (Lipinski definition) is 5. The number of aryl methyl sites for hydroxylation is 1. The molecule has 0 N–H and O–H groups in total. The van der Waals surface area contributed by atoms with Gasteiger partial charge in [0.15, 0.2) is 11.3 Å². The van der Waals surface area contributed by atoms with E-state index >= 15 is 0 Å². The van der Waals surface area contributed by atoms with Crippen LogP contribution in [0.25, 0.3) is 22.6 Å². The molecule has 0 aliphatic carbocycles. The molecular weight excluding hydrogens is 388 g/mol. The van der Waals surface area contributed by atoms with Gasteiger partial charge in [0.05, 0.1) is 22.1 Å². The zero-order valence-corrected chi connectivity index (χ0v) is 17.1. The molecule has 1 aliphatic rings. The molecule has 7 nitrogen and oxygen atoms in total. The van der Waals surface area contributed by atoms with Crippen LogP contribution in [0.3, 0.4) is 0 Å². The highest BCUT2D eigenvalue weighted by Crippen LogP contribution is 2.27. The van der Waals surface area contributed by atoms with Crippen molar-refractivity contribution in [1.29, 1.82) is 0 Å². The molecule has 148 valence electrons. The van der Waals surface area contributed by atoms with E-state index in [-0.39, 0.29) is 5.56 Å². The predicted octanol–water partition coefficient (Wildman–Crippen LogP) is 3.18. The third-order valence-corrected chi connectivity index (χ3v) is 5.88. The molecule has 1 fully saturated rings. The smallest absolute Gasteiger partial charge is 0.275 e. The summed E-state index contributed by atoms with van der Waals surface area (Å²) in [6.07, 6.45) is 5.89. The van der Waals surface area contributed by atoms with Crippen molar-refractivity contribution in [3.8, 4) is 11.3 Å². The molecular formula is C21H21ClN6O. The van der Waals surface area contributed by atoms with Crippen LogP contribution in [0.1, 0.15) is 30.1 Å². The maximum Gasteiger partial charge on any atom is 0.275 e. The van der Waals surface area contributed by atoms with Crippen LogP contribution < -0.4 is 5.56 Å². The quantitative estimate of drug-likeness (QED) is 0.509. The van der Waals surface area contributed by atoms with Gasteiger partial charge in [0.1, 0.15) is 0 Å². The van der Waals surface area contributed by atoms with Crippen LogP contribution in [-0.4, -0.2) is 49.0 Å². The number of likely N-dealkylation sites (tertiary alicyclic amines) is 1. The van der Waals surface area contributed by atoms with E-state index in [1.54, 1.807) is 6.07 Å². The molecule has 0 amide bonds. The summed E-state index contributed by atoms with van der Waals surface area (Å²) in [4.78, 5) is 24.2. The van der Waals surface area contributed by atoms with Gasteiger partial charge in [-0.2, -0.15) is 9.61 Å². The van der Waals surface area contributed by atoms with Crippen LogP contribution >= 0.6 is 11.6 Å². The van der Waals surface area contributed by atoms with Crippen molar-refractivity contribution in [1.82, 2.24) is 28.9 Å². The fourth-order valence-electron chi connectivity index (χ4n) is 4.00. The van der Waals surface area contributed by atoms with Gasteiger partial charge in [-0.3, -0.25) is 4.79 Å². The molecule has 0 radical (unpaired) electrons. The summed E-state index contributed by atoms with van der Waals surface area (Å²) in [5.41, 5.74) is 4.19. The molecule has 0 aromatic carbocycles. The monoisotopic (exact) mass is 408 g/mol. The highest BCUT2D eigenvalue weighted by atomic mass is 35.5. The van der Waals surface area contributed by atoms with Gasteiger partial charge in [-0.15, -0.1) is 0 Å². The maximum absolute atomic E-state index is 12.8. The molecule has 5 heterocycles. The maximum atomic E-state index is 12.8. The van der Waals surface area contributed by atoms with E-state index in [9.17, 15) is 4.79 Å². The summed E-state index contributed by atoms with van der Waals surface area (Å²) in [6, 6.07) is 7.19. The molecule has 4 aromatic rings. The van der Waals surface area contributed by atoms with E-state index in [1.165, 1.54) is 10.6 Å². The Balaban J connectivity index is 1.57. The third kappa shape index (κ3) is 3.30. The topological polar surface area (TPSA) is 67.8 Å². The lowest BCUT2D eigenvalue weighted by Gasteiger charge is -2.28. The van der Waals surface area contributed by atoms with Crippen molar-refractivity contribution < 1.29 is 0 Å². The number of pyridine rings is 1. The minimum atomic E-state index is -0.196. The molecule has 0 spiro atoms. The number of imidazole rings is 1. The van der Waals surface area contributed by atoms with Crippen molar-refractivity contribution >= 4 is 22.9 Å². The Hall–Kier alpha value is -2.77. The van der Waals surface area contributed by atoms with E-state index in [2.05, 4.69) is 27.0 Å². The molecule has 1 aliphatic heterocycles. The second-order valence-corrected chi connectivity index (χ2v) is 8.18. The first-order valence-corrected chi connectivity index (χ1v) is 10.1. The molecule has 4 aromatic heterocycles. The van der Waals surface area contributed by atoms with Crippen molar-refractivity contribution in [2.45, 2.75) is 25.7 Å². The van der Waals surface area contributed by atoms with E-state index in [1.807, 2.05) is 35.9 Å². The first-order chi connectivity index (χ1) is 14.0. The van der Waals surface area contributed by atoms with Crippen LogP contribution in [0.2, 0.25) is 5.02 Å². The number of hydrogen-bond donors (Lipinski definition) is 0. The normalized spacial score (nSPS) is 16.1. The predicted molar refractivity (Wildman–Crippen MR) is 113 cm³/mol. The van der Waals surface area contributed by atoms with Gasteiger partial charge >= 0.3 is 0 Å². The number of rotatable bonds is 2. The highest BCUT2D eigenvalue weighted by molar-refractivity contribution is 6.33. The zero-order valence-electron chi connectivity index (χ0n) is 16.3. The highest BCUT2D eigenvalue weighted by Gasteiger charge is 2.20. The molecule has 8 heteroatoms. The van der Waals surface area contributed by atoms with Gasteiger partial charge in [0, 0.05) is 29.9 Å². The summed E-state index contributed by atoms with van der Waals surface area (Å²) >= 11 is 6.39. The standard InChI is InChI=1S/C21H21ClN6O/c1-13-11-27-12-15(9-16(22)21(27)23-13)18-10-20(29)28-19(24-18)4-3-17(25-28)14-5-7-26(2)8-6-14/h3-4,9-12,14H,5-8H2,1-2H3. The SMILES string of the molecule is Cc1cn2cc(-c3cc(=O)n4nc(C5CCN(C)CC5)ccc4n3)cc(Cl)c2n1. The number of halogens is 1. The first kappa shape index (κ1) is 18.3. The van der Waals surface area contributed by atoms with Crippen molar-refractivity contribution in [3.63, 3.8) is 0 Å². The fourth-order valence-corrected chi connectivity index (χ4v) is 4.26. The second-order valence-electron chi connectivity index (χ2n) is 7.78. The summed E-state index contributed by atoms with van der Waals surface area (Å²) in [7, 11) is 2.13. The number of aromatic nitrogens is 5. The molecule has 0 atom stereocenters. The Morgan fingerprint density at radius 2 is 1.90 bits per heavy atom. The van der Waals surface area contributed by atoms with Gasteiger partial charge < -0.3 is 9.30 Å². The average molecular weight is 409 g/mol.